The highest BCUT2D eigenvalue weighted by Crippen LogP contribution is 2.50. The first-order chi connectivity index (χ1) is 11.2. The summed E-state index contributed by atoms with van der Waals surface area (Å²) in [5.74, 6) is 0.824. The number of nitrogens with one attached hydrogen (secondary N) is 2. The number of anilines is 1. The van der Waals surface area contributed by atoms with Crippen molar-refractivity contribution in [3.63, 3.8) is 0 Å². The fourth-order valence-electron chi connectivity index (χ4n) is 4.18. The first-order valence-electron chi connectivity index (χ1n) is 8.06. The van der Waals surface area contributed by atoms with Crippen LogP contribution in [0, 0.1) is 5.92 Å². The average Bonchev–Trinajstić information content (AvgIpc) is 3.03. The van der Waals surface area contributed by atoms with Crippen molar-refractivity contribution < 1.29 is 0 Å². The quantitative estimate of drug-likeness (QED) is 0.536. The lowest BCUT2D eigenvalue weighted by atomic mass is 9.78. The Balaban J connectivity index is 1.71. The molecule has 3 aromatic rings. The summed E-state index contributed by atoms with van der Waals surface area (Å²) >= 11 is 0. The highest BCUT2D eigenvalue weighted by molar-refractivity contribution is 6.37. The lowest BCUT2D eigenvalue weighted by molar-refractivity contribution is 0.420. The summed E-state index contributed by atoms with van der Waals surface area (Å²) in [6.07, 6.45) is 5.64. The molecular formula is C18H17BN4. The first-order valence-corrected chi connectivity index (χ1v) is 8.06. The molecule has 1 aromatic carbocycles. The topological polar surface area (TPSA) is 45.6 Å². The van der Waals surface area contributed by atoms with Crippen LogP contribution >= 0.6 is 0 Å². The van der Waals surface area contributed by atoms with Gasteiger partial charge in [-0.15, -0.1) is 0 Å². The number of hydrogen-bond donors (Lipinski definition) is 2. The zero-order valence-electron chi connectivity index (χ0n) is 13.0. The second kappa shape index (κ2) is 4.54. The van der Waals surface area contributed by atoms with E-state index in [1.54, 1.807) is 0 Å². The van der Waals surface area contributed by atoms with E-state index in [0.29, 0.717) is 23.5 Å². The normalized spacial score (nSPS) is 25.3. The smallest absolute Gasteiger partial charge is 0.144 e. The van der Waals surface area contributed by atoms with Crippen molar-refractivity contribution in [3.05, 3.63) is 53.7 Å². The number of benzene rings is 1. The van der Waals surface area contributed by atoms with Crippen LogP contribution in [0.3, 0.4) is 0 Å². The monoisotopic (exact) mass is 300 g/mol. The third-order valence-electron chi connectivity index (χ3n) is 5.26. The Morgan fingerprint density at radius 1 is 1.26 bits per heavy atom. The minimum atomic E-state index is 0.297. The van der Waals surface area contributed by atoms with Crippen LogP contribution in [0.2, 0.25) is 0 Å². The van der Waals surface area contributed by atoms with Crippen LogP contribution in [0.15, 0.2) is 42.5 Å². The van der Waals surface area contributed by atoms with E-state index < -0.39 is 0 Å². The summed E-state index contributed by atoms with van der Waals surface area (Å²) in [5.41, 5.74) is 6.19. The van der Waals surface area contributed by atoms with Gasteiger partial charge in [0, 0.05) is 18.6 Å². The molecule has 1 aliphatic heterocycles. The summed E-state index contributed by atoms with van der Waals surface area (Å²) in [6, 6.07) is 11.0. The number of pyridine rings is 1. The number of fused-ring (bicyclic) bond motifs is 5. The van der Waals surface area contributed by atoms with Crippen LogP contribution in [0.25, 0.3) is 11.0 Å². The fraction of sp³-hybridized carbons (Fsp3) is 0.278. The van der Waals surface area contributed by atoms with Gasteiger partial charge in [0.05, 0.1) is 22.9 Å². The summed E-state index contributed by atoms with van der Waals surface area (Å²) in [5, 5.41) is 7.08. The van der Waals surface area contributed by atoms with Gasteiger partial charge < -0.3 is 5.32 Å². The van der Waals surface area contributed by atoms with Gasteiger partial charge in [0.1, 0.15) is 13.4 Å². The first kappa shape index (κ1) is 13.1. The van der Waals surface area contributed by atoms with E-state index in [9.17, 15) is 0 Å². The Morgan fingerprint density at radius 2 is 2.09 bits per heavy atom. The van der Waals surface area contributed by atoms with Crippen LogP contribution in [-0.2, 0) is 7.05 Å². The van der Waals surface area contributed by atoms with E-state index in [2.05, 4.69) is 52.9 Å². The van der Waals surface area contributed by atoms with Gasteiger partial charge in [-0.1, -0.05) is 42.5 Å². The van der Waals surface area contributed by atoms with E-state index in [1.165, 1.54) is 5.56 Å². The molecule has 0 bridgehead atoms. The predicted molar refractivity (Wildman–Crippen MR) is 93.2 cm³/mol. The summed E-state index contributed by atoms with van der Waals surface area (Å²) < 4.78 is 1.92. The molecule has 4 nitrogen and oxygen atoms in total. The lowest BCUT2D eigenvalue weighted by Gasteiger charge is -2.38. The zero-order valence-corrected chi connectivity index (χ0v) is 13.0. The molecule has 0 amide bonds. The standard InChI is InChI=1S/C18H17BN4/c1-23-17-16(22-23)15-14(21-18(17)19)12-9-5-8-11(12)13(20-15)10-6-3-2-4-7-10/h2-7,9,11-13,20,22H,8H2,1H3. The third kappa shape index (κ3) is 1.70. The molecule has 0 fully saturated rings. The van der Waals surface area contributed by atoms with Crippen molar-refractivity contribution in [3.8, 4) is 0 Å². The molecule has 3 heterocycles. The Kier molecular flexibility index (Phi) is 2.58. The second-order valence-corrected chi connectivity index (χ2v) is 6.54. The van der Waals surface area contributed by atoms with E-state index in [0.717, 1.165) is 28.8 Å². The van der Waals surface area contributed by atoms with Gasteiger partial charge in [0.15, 0.2) is 0 Å². The molecule has 3 unspecified atom stereocenters. The molecule has 1 aliphatic carbocycles. The number of allylic oxidation sites excluding steroid dienone is 2. The number of nitrogens with zero attached hydrogens (tertiary/aromatic N) is 2. The van der Waals surface area contributed by atoms with Crippen molar-refractivity contribution in [2.45, 2.75) is 18.4 Å². The van der Waals surface area contributed by atoms with Crippen molar-refractivity contribution in [1.29, 1.82) is 0 Å². The van der Waals surface area contributed by atoms with Crippen LogP contribution in [0.1, 0.15) is 29.6 Å². The van der Waals surface area contributed by atoms with Gasteiger partial charge in [-0.2, -0.15) is 0 Å². The minimum Gasteiger partial charge on any atom is -0.375 e. The highest BCUT2D eigenvalue weighted by Gasteiger charge is 2.40. The van der Waals surface area contributed by atoms with Crippen LogP contribution < -0.4 is 10.9 Å². The van der Waals surface area contributed by atoms with Crippen LogP contribution in [-0.4, -0.2) is 22.6 Å². The van der Waals surface area contributed by atoms with Crippen LogP contribution in [0.5, 0.6) is 0 Å². The molecule has 5 rings (SSSR count). The Morgan fingerprint density at radius 3 is 2.87 bits per heavy atom. The molecule has 112 valence electrons. The largest absolute Gasteiger partial charge is 0.375 e. The molecule has 5 heteroatoms. The molecule has 3 atom stereocenters. The van der Waals surface area contributed by atoms with Crippen molar-refractivity contribution in [1.82, 2.24) is 14.8 Å². The highest BCUT2D eigenvalue weighted by atomic mass is 15.3. The molecule has 2 aliphatic rings. The summed E-state index contributed by atoms with van der Waals surface area (Å²) in [4.78, 5) is 4.73. The maximum Gasteiger partial charge on any atom is 0.144 e. The lowest BCUT2D eigenvalue weighted by Crippen LogP contribution is -2.34. The maximum absolute atomic E-state index is 6.17. The van der Waals surface area contributed by atoms with E-state index in [1.807, 2.05) is 11.7 Å². The predicted octanol–water partition coefficient (Wildman–Crippen LogP) is 2.52. The third-order valence-corrected chi connectivity index (χ3v) is 5.26. The molecule has 23 heavy (non-hydrogen) atoms. The van der Waals surface area contributed by atoms with E-state index in [-0.39, 0.29) is 0 Å². The van der Waals surface area contributed by atoms with Crippen molar-refractivity contribution >= 4 is 30.2 Å². The van der Waals surface area contributed by atoms with Crippen molar-refractivity contribution in [2.75, 3.05) is 5.32 Å². The Bertz CT molecular complexity index is 922. The maximum atomic E-state index is 6.17. The Hall–Kier alpha value is -2.43. The van der Waals surface area contributed by atoms with Gasteiger partial charge in [-0.3, -0.25) is 14.8 Å². The zero-order chi connectivity index (χ0) is 15.6. The number of H-pyrrole nitrogens is 1. The molecule has 2 radical (unpaired) electrons. The number of aryl methyl sites for hydroxylation is 1. The summed E-state index contributed by atoms with van der Waals surface area (Å²) in [7, 11) is 8.13. The van der Waals surface area contributed by atoms with Gasteiger partial charge in [-0.05, 0) is 17.9 Å². The number of aromatic nitrogens is 3. The van der Waals surface area contributed by atoms with Gasteiger partial charge in [0.25, 0.3) is 0 Å². The second-order valence-electron chi connectivity index (χ2n) is 6.54. The van der Waals surface area contributed by atoms with Gasteiger partial charge in [-0.25, -0.2) is 0 Å². The number of aromatic amines is 1. The molecular weight excluding hydrogens is 283 g/mol. The average molecular weight is 300 g/mol. The molecule has 0 spiro atoms. The SMILES string of the molecule is [B]c1nc2c(c3[nH]n(C)c13)NC(c1ccccc1)C1CC=CC21. The molecule has 2 N–H and O–H groups in total. The Labute approximate surface area is 136 Å². The molecule has 2 aromatic heterocycles. The molecule has 0 saturated carbocycles. The molecule has 0 saturated heterocycles. The number of rotatable bonds is 1. The minimum absolute atomic E-state index is 0.297. The number of hydrogen-bond acceptors (Lipinski definition) is 2. The fourth-order valence-corrected chi connectivity index (χ4v) is 4.18. The van der Waals surface area contributed by atoms with Crippen LogP contribution in [0.4, 0.5) is 5.69 Å². The van der Waals surface area contributed by atoms with Gasteiger partial charge in [0.2, 0.25) is 0 Å². The van der Waals surface area contributed by atoms with Gasteiger partial charge >= 0.3 is 0 Å². The van der Waals surface area contributed by atoms with E-state index in [4.69, 9.17) is 12.8 Å². The van der Waals surface area contributed by atoms with E-state index >= 15 is 0 Å². The summed E-state index contributed by atoms with van der Waals surface area (Å²) in [6.45, 7) is 0. The van der Waals surface area contributed by atoms with Crippen molar-refractivity contribution in [2.24, 2.45) is 13.0 Å².